The smallest absolute Gasteiger partial charge is 0.341 e. The number of ether oxygens (including phenoxy) is 3. The highest BCUT2D eigenvalue weighted by Gasteiger charge is 2.47. The summed E-state index contributed by atoms with van der Waals surface area (Å²) >= 11 is 0. The maximum absolute atomic E-state index is 13.3. The molecule has 9 heteroatoms. The summed E-state index contributed by atoms with van der Waals surface area (Å²) in [6.07, 6.45) is 0. The van der Waals surface area contributed by atoms with Crippen molar-refractivity contribution >= 4 is 29.1 Å². The average molecular weight is 489 g/mol. The van der Waals surface area contributed by atoms with Crippen molar-refractivity contribution in [3.63, 3.8) is 0 Å². The zero-order valence-electron chi connectivity index (χ0n) is 19.5. The van der Waals surface area contributed by atoms with Crippen molar-refractivity contribution in [2.75, 3.05) is 25.7 Å². The lowest BCUT2D eigenvalue weighted by Gasteiger charge is -2.26. The van der Waals surface area contributed by atoms with Crippen molar-refractivity contribution in [1.82, 2.24) is 0 Å². The number of benzene rings is 3. The molecular weight excluding hydrogens is 466 g/mol. The molecule has 0 aromatic heterocycles. The molecular formula is C27H23NO8. The Labute approximate surface area is 206 Å². The van der Waals surface area contributed by atoms with Gasteiger partial charge in [-0.1, -0.05) is 12.1 Å². The Morgan fingerprint density at radius 3 is 2.11 bits per heavy atom. The average Bonchev–Trinajstić information content (AvgIpc) is 3.17. The Morgan fingerprint density at radius 2 is 1.50 bits per heavy atom. The van der Waals surface area contributed by atoms with E-state index in [4.69, 9.17) is 19.3 Å². The van der Waals surface area contributed by atoms with Gasteiger partial charge < -0.3 is 24.4 Å². The van der Waals surface area contributed by atoms with Crippen molar-refractivity contribution in [1.29, 1.82) is 0 Å². The van der Waals surface area contributed by atoms with Crippen LogP contribution in [0.15, 0.2) is 78.4 Å². The summed E-state index contributed by atoms with van der Waals surface area (Å²) in [5.41, 5.74) is 1.18. The monoisotopic (exact) mass is 489 g/mol. The van der Waals surface area contributed by atoms with E-state index in [1.54, 1.807) is 60.7 Å². The van der Waals surface area contributed by atoms with E-state index in [-0.39, 0.29) is 17.1 Å². The second-order valence-electron chi connectivity index (χ2n) is 7.85. The van der Waals surface area contributed by atoms with Gasteiger partial charge in [0.15, 0.2) is 6.61 Å². The van der Waals surface area contributed by atoms with Gasteiger partial charge in [0, 0.05) is 11.3 Å². The molecule has 1 heterocycles. The minimum Gasteiger partial charge on any atom is -0.507 e. The summed E-state index contributed by atoms with van der Waals surface area (Å²) in [4.78, 5) is 38.6. The van der Waals surface area contributed by atoms with Gasteiger partial charge in [-0.2, -0.15) is 0 Å². The summed E-state index contributed by atoms with van der Waals surface area (Å²) in [6.45, 7) is -0.518. The van der Waals surface area contributed by atoms with Crippen LogP contribution in [0.5, 0.6) is 17.2 Å². The van der Waals surface area contributed by atoms with Crippen LogP contribution >= 0.6 is 0 Å². The maximum atomic E-state index is 13.3. The van der Waals surface area contributed by atoms with E-state index >= 15 is 0 Å². The van der Waals surface area contributed by atoms with Gasteiger partial charge in [0.25, 0.3) is 11.7 Å². The lowest BCUT2D eigenvalue weighted by molar-refractivity contribution is -0.139. The minimum atomic E-state index is -1.12. The SMILES string of the molecule is COc1ccc(C(O)=C2C(=O)C(=O)N(c3ccc(OCC(=O)O)cc3)[C@H]2c2cccc(OC)c2)cc1. The van der Waals surface area contributed by atoms with Crippen LogP contribution in [0.1, 0.15) is 17.2 Å². The largest absolute Gasteiger partial charge is 0.507 e. The van der Waals surface area contributed by atoms with Crippen molar-refractivity contribution < 1.29 is 38.8 Å². The minimum absolute atomic E-state index is 0.0791. The first-order valence-electron chi connectivity index (χ1n) is 10.9. The van der Waals surface area contributed by atoms with Gasteiger partial charge in [-0.3, -0.25) is 14.5 Å². The number of aliphatic hydroxyl groups excluding tert-OH is 1. The zero-order valence-corrected chi connectivity index (χ0v) is 19.5. The van der Waals surface area contributed by atoms with Gasteiger partial charge in [0.05, 0.1) is 25.8 Å². The number of carboxylic acids is 1. The van der Waals surface area contributed by atoms with Crippen LogP contribution in [0, 0.1) is 0 Å². The van der Waals surface area contributed by atoms with E-state index in [9.17, 15) is 19.5 Å². The standard InChI is InChI=1S/C27H23NO8/c1-34-19-10-6-16(7-11-19)25(31)23-24(17-4-3-5-21(14-17)35-2)28(27(33)26(23)32)18-8-12-20(13-9-18)36-15-22(29)30/h3-14,24,31H,15H2,1-2H3,(H,29,30)/t24-/m0/s1. The summed E-state index contributed by atoms with van der Waals surface area (Å²) in [6, 6.07) is 18.5. The van der Waals surface area contributed by atoms with Gasteiger partial charge in [0.2, 0.25) is 0 Å². The fraction of sp³-hybridized carbons (Fsp3) is 0.148. The molecule has 0 radical (unpaired) electrons. The molecule has 9 nitrogen and oxygen atoms in total. The molecule has 0 unspecified atom stereocenters. The molecule has 4 rings (SSSR count). The molecule has 2 N–H and O–H groups in total. The normalized spacial score (nSPS) is 16.6. The van der Waals surface area contributed by atoms with Crippen LogP contribution in [0.3, 0.4) is 0 Å². The Morgan fingerprint density at radius 1 is 0.861 bits per heavy atom. The van der Waals surface area contributed by atoms with Gasteiger partial charge in [-0.05, 0) is 66.2 Å². The number of carboxylic acid groups (broad SMARTS) is 1. The summed E-state index contributed by atoms with van der Waals surface area (Å²) in [7, 11) is 3.02. The number of amides is 1. The number of carbonyl (C=O) groups excluding carboxylic acids is 2. The number of Topliss-reactive ketones (excluding diaryl/α,β-unsaturated/α-hetero) is 1. The highest BCUT2D eigenvalue weighted by molar-refractivity contribution is 6.51. The number of carbonyl (C=O) groups is 3. The van der Waals surface area contributed by atoms with Gasteiger partial charge in [-0.25, -0.2) is 4.79 Å². The summed E-state index contributed by atoms with van der Waals surface area (Å²) in [5, 5.41) is 20.0. The molecule has 3 aromatic carbocycles. The molecule has 0 aliphatic carbocycles. The predicted octanol–water partition coefficient (Wildman–Crippen LogP) is 3.79. The Bertz CT molecular complexity index is 1330. The maximum Gasteiger partial charge on any atom is 0.341 e. The van der Waals surface area contributed by atoms with Crippen molar-refractivity contribution in [3.8, 4) is 17.2 Å². The van der Waals surface area contributed by atoms with E-state index in [1.807, 2.05) is 0 Å². The number of aliphatic hydroxyl groups is 1. The molecule has 1 aliphatic rings. The molecule has 1 saturated heterocycles. The third kappa shape index (κ3) is 4.72. The molecule has 1 amide bonds. The molecule has 0 bridgehead atoms. The second kappa shape index (κ2) is 10.2. The molecule has 0 spiro atoms. The molecule has 1 aliphatic heterocycles. The Hall–Kier alpha value is -4.79. The number of nitrogens with zero attached hydrogens (tertiary/aromatic N) is 1. The highest BCUT2D eigenvalue weighted by atomic mass is 16.5. The summed E-state index contributed by atoms with van der Waals surface area (Å²) in [5.74, 6) is -1.75. The van der Waals surface area contributed by atoms with Crippen molar-refractivity contribution in [2.24, 2.45) is 0 Å². The van der Waals surface area contributed by atoms with E-state index in [2.05, 4.69) is 0 Å². The Kier molecular flexibility index (Phi) is 6.91. The van der Waals surface area contributed by atoms with E-state index < -0.39 is 30.3 Å². The molecule has 184 valence electrons. The first-order valence-corrected chi connectivity index (χ1v) is 10.9. The number of aliphatic carboxylic acids is 1. The Balaban J connectivity index is 1.83. The number of rotatable bonds is 8. The van der Waals surface area contributed by atoms with E-state index in [1.165, 1.54) is 31.3 Å². The fourth-order valence-corrected chi connectivity index (χ4v) is 3.98. The van der Waals surface area contributed by atoms with E-state index in [0.717, 1.165) is 0 Å². The molecule has 0 saturated carbocycles. The second-order valence-corrected chi connectivity index (χ2v) is 7.85. The van der Waals surface area contributed by atoms with E-state index in [0.29, 0.717) is 28.3 Å². The highest BCUT2D eigenvalue weighted by Crippen LogP contribution is 2.43. The third-order valence-corrected chi connectivity index (χ3v) is 5.69. The zero-order chi connectivity index (χ0) is 25.8. The quantitative estimate of drug-likeness (QED) is 0.278. The fourth-order valence-electron chi connectivity index (χ4n) is 3.98. The number of anilines is 1. The third-order valence-electron chi connectivity index (χ3n) is 5.69. The summed E-state index contributed by atoms with van der Waals surface area (Å²) < 4.78 is 15.7. The number of methoxy groups -OCH3 is 2. The molecule has 1 atom stereocenters. The van der Waals surface area contributed by atoms with Gasteiger partial charge in [0.1, 0.15) is 23.0 Å². The molecule has 1 fully saturated rings. The number of ketones is 1. The lowest BCUT2D eigenvalue weighted by atomic mass is 9.95. The van der Waals surface area contributed by atoms with Crippen LogP contribution in [0.2, 0.25) is 0 Å². The first-order chi connectivity index (χ1) is 17.3. The van der Waals surface area contributed by atoms with Gasteiger partial charge in [-0.15, -0.1) is 0 Å². The topological polar surface area (TPSA) is 123 Å². The lowest BCUT2D eigenvalue weighted by Crippen LogP contribution is -2.29. The van der Waals surface area contributed by atoms with Crippen LogP contribution in [-0.2, 0) is 14.4 Å². The predicted molar refractivity (Wildman–Crippen MR) is 130 cm³/mol. The molecule has 36 heavy (non-hydrogen) atoms. The first kappa shape index (κ1) is 24.3. The van der Waals surface area contributed by atoms with Crippen LogP contribution in [0.25, 0.3) is 5.76 Å². The number of hydrogen-bond acceptors (Lipinski definition) is 7. The van der Waals surface area contributed by atoms with Crippen LogP contribution in [0.4, 0.5) is 5.69 Å². The van der Waals surface area contributed by atoms with Crippen molar-refractivity contribution in [3.05, 3.63) is 89.5 Å². The molecule has 3 aromatic rings. The number of hydrogen-bond donors (Lipinski definition) is 2. The van der Waals surface area contributed by atoms with Gasteiger partial charge >= 0.3 is 5.97 Å². The van der Waals surface area contributed by atoms with Crippen LogP contribution in [-0.4, -0.2) is 48.7 Å². The van der Waals surface area contributed by atoms with Crippen LogP contribution < -0.4 is 19.1 Å². The van der Waals surface area contributed by atoms with Crippen molar-refractivity contribution in [2.45, 2.75) is 6.04 Å².